The lowest BCUT2D eigenvalue weighted by molar-refractivity contribution is 1.33. The van der Waals surface area contributed by atoms with Crippen molar-refractivity contribution in [3.05, 3.63) is 43.1 Å². The molecule has 0 aliphatic carbocycles. The van der Waals surface area contributed by atoms with Crippen LogP contribution in [-0.2, 0) is 0 Å². The van der Waals surface area contributed by atoms with Crippen molar-refractivity contribution in [2.75, 3.05) is 0 Å². The second-order valence-electron chi connectivity index (χ2n) is 3.99. The predicted molar refractivity (Wildman–Crippen MR) is 66.7 cm³/mol. The molecule has 4 rings (SSSR count). The maximum atomic E-state index is 4.44. The maximum Gasteiger partial charge on any atom is 0.0754 e. The van der Waals surface area contributed by atoms with E-state index in [1.807, 2.05) is 30.7 Å². The van der Waals surface area contributed by atoms with Gasteiger partial charge in [0.1, 0.15) is 0 Å². The quantitative estimate of drug-likeness (QED) is 0.495. The molecule has 0 atom stereocenters. The van der Waals surface area contributed by atoms with Gasteiger partial charge in [-0.3, -0.25) is 15.0 Å². The molecule has 0 aliphatic rings. The Hall–Kier alpha value is -2.49. The molecule has 0 bridgehead atoms. The summed E-state index contributed by atoms with van der Waals surface area (Å²) in [5.74, 6) is 0. The van der Waals surface area contributed by atoms with Crippen LogP contribution in [0.4, 0.5) is 0 Å². The highest BCUT2D eigenvalue weighted by atomic mass is 14.8. The molecule has 0 saturated heterocycles. The van der Waals surface area contributed by atoms with Crippen molar-refractivity contribution >= 4 is 32.7 Å². The number of hydrogen-bond acceptors (Lipinski definition) is 3. The van der Waals surface area contributed by atoms with Crippen LogP contribution in [-0.4, -0.2) is 19.9 Å². The van der Waals surface area contributed by atoms with E-state index in [9.17, 15) is 0 Å². The number of aromatic amines is 1. The normalized spacial score (nSPS) is 11.5. The summed E-state index contributed by atoms with van der Waals surface area (Å²) in [6, 6.07) is 3.88. The molecule has 0 spiro atoms. The van der Waals surface area contributed by atoms with Crippen LogP contribution < -0.4 is 0 Å². The number of fused-ring (bicyclic) bond motifs is 5. The molecule has 4 heterocycles. The molecule has 0 aliphatic heterocycles. The van der Waals surface area contributed by atoms with E-state index in [-0.39, 0.29) is 0 Å². The molecule has 4 nitrogen and oxygen atoms in total. The number of aromatic nitrogens is 4. The van der Waals surface area contributed by atoms with E-state index in [2.05, 4.69) is 19.9 Å². The zero-order valence-corrected chi connectivity index (χ0v) is 8.88. The van der Waals surface area contributed by atoms with Crippen LogP contribution in [0.3, 0.4) is 0 Å². The smallest absolute Gasteiger partial charge is 0.0754 e. The minimum Gasteiger partial charge on any atom is -0.354 e. The number of nitrogens with zero attached hydrogens (tertiary/aromatic N) is 3. The van der Waals surface area contributed by atoms with E-state index in [1.54, 1.807) is 12.4 Å². The first kappa shape index (κ1) is 8.64. The summed E-state index contributed by atoms with van der Waals surface area (Å²) in [5, 5.41) is 3.23. The molecule has 0 radical (unpaired) electrons. The highest BCUT2D eigenvalue weighted by Crippen LogP contribution is 2.28. The summed E-state index contributed by atoms with van der Waals surface area (Å²) >= 11 is 0. The van der Waals surface area contributed by atoms with Gasteiger partial charge >= 0.3 is 0 Å². The topological polar surface area (TPSA) is 54.5 Å². The monoisotopic (exact) mass is 220 g/mol. The molecule has 4 heteroatoms. The number of nitrogens with one attached hydrogen (secondary N) is 1. The number of H-pyrrole nitrogens is 1. The van der Waals surface area contributed by atoms with Gasteiger partial charge in [0.05, 0.1) is 11.0 Å². The lowest BCUT2D eigenvalue weighted by atomic mass is 10.2. The molecule has 0 saturated carbocycles. The van der Waals surface area contributed by atoms with Gasteiger partial charge in [-0.05, 0) is 12.1 Å². The van der Waals surface area contributed by atoms with E-state index in [4.69, 9.17) is 0 Å². The molecular formula is C13H8N4. The van der Waals surface area contributed by atoms with Crippen LogP contribution in [0.1, 0.15) is 0 Å². The Kier molecular flexibility index (Phi) is 1.53. The first-order valence-corrected chi connectivity index (χ1v) is 5.37. The van der Waals surface area contributed by atoms with Gasteiger partial charge in [0.15, 0.2) is 0 Å². The minimum absolute atomic E-state index is 0.951. The van der Waals surface area contributed by atoms with Crippen LogP contribution >= 0.6 is 0 Å². The summed E-state index contributed by atoms with van der Waals surface area (Å²) < 4.78 is 0. The molecule has 80 valence electrons. The molecule has 0 fully saturated rings. The van der Waals surface area contributed by atoms with Gasteiger partial charge in [0.25, 0.3) is 0 Å². The fourth-order valence-corrected chi connectivity index (χ4v) is 2.23. The highest BCUT2D eigenvalue weighted by molar-refractivity contribution is 6.15. The van der Waals surface area contributed by atoms with Crippen molar-refractivity contribution < 1.29 is 0 Å². The van der Waals surface area contributed by atoms with Crippen molar-refractivity contribution in [2.24, 2.45) is 0 Å². The van der Waals surface area contributed by atoms with Gasteiger partial charge in [-0.1, -0.05) is 0 Å². The Labute approximate surface area is 96.3 Å². The number of rotatable bonds is 0. The van der Waals surface area contributed by atoms with Crippen LogP contribution in [0.15, 0.2) is 43.1 Å². The molecule has 4 aromatic heterocycles. The Bertz CT molecular complexity index is 848. The van der Waals surface area contributed by atoms with Crippen LogP contribution in [0.5, 0.6) is 0 Å². The first-order valence-electron chi connectivity index (χ1n) is 5.37. The molecular weight excluding hydrogens is 212 g/mol. The average molecular weight is 220 g/mol. The lowest BCUT2D eigenvalue weighted by Gasteiger charge is -1.96. The van der Waals surface area contributed by atoms with E-state index in [1.165, 1.54) is 0 Å². The molecule has 4 aromatic rings. The second kappa shape index (κ2) is 3.01. The SMILES string of the molecule is c1cc2[nH]c3c4cnccc4ncc3c2cn1. The van der Waals surface area contributed by atoms with Crippen molar-refractivity contribution in [1.29, 1.82) is 0 Å². The van der Waals surface area contributed by atoms with Crippen LogP contribution in [0.2, 0.25) is 0 Å². The predicted octanol–water partition coefficient (Wildman–Crippen LogP) is 2.66. The molecule has 0 amide bonds. The zero-order chi connectivity index (χ0) is 11.2. The standard InChI is InChI=1S/C13H8N4/c1-3-15-6-10-11(1)16-7-9-8-5-14-4-2-12(8)17-13(9)10/h1-7,17H. The summed E-state index contributed by atoms with van der Waals surface area (Å²) in [7, 11) is 0. The fourth-order valence-electron chi connectivity index (χ4n) is 2.23. The van der Waals surface area contributed by atoms with Crippen molar-refractivity contribution in [3.8, 4) is 0 Å². The third kappa shape index (κ3) is 1.09. The average Bonchev–Trinajstić information content (AvgIpc) is 2.78. The third-order valence-corrected chi connectivity index (χ3v) is 3.04. The van der Waals surface area contributed by atoms with Gasteiger partial charge < -0.3 is 4.98 Å². The van der Waals surface area contributed by atoms with Crippen molar-refractivity contribution in [3.63, 3.8) is 0 Å². The largest absolute Gasteiger partial charge is 0.354 e. The Balaban J connectivity index is 2.34. The summed E-state index contributed by atoms with van der Waals surface area (Å²) in [6.45, 7) is 0. The summed E-state index contributed by atoms with van der Waals surface area (Å²) in [4.78, 5) is 16.2. The summed E-state index contributed by atoms with van der Waals surface area (Å²) in [6.07, 6.45) is 9.13. The van der Waals surface area contributed by atoms with E-state index in [0.29, 0.717) is 0 Å². The van der Waals surface area contributed by atoms with Crippen molar-refractivity contribution in [1.82, 2.24) is 19.9 Å². The summed E-state index contributed by atoms with van der Waals surface area (Å²) in [5.41, 5.74) is 3.10. The van der Waals surface area contributed by atoms with Gasteiger partial charge in [-0.15, -0.1) is 0 Å². The fraction of sp³-hybridized carbons (Fsp3) is 0. The van der Waals surface area contributed by atoms with E-state index < -0.39 is 0 Å². The third-order valence-electron chi connectivity index (χ3n) is 3.04. The Morgan fingerprint density at radius 3 is 2.59 bits per heavy atom. The van der Waals surface area contributed by atoms with Gasteiger partial charge in [0, 0.05) is 52.7 Å². The lowest BCUT2D eigenvalue weighted by Crippen LogP contribution is -1.81. The molecule has 1 N–H and O–H groups in total. The molecule has 0 unspecified atom stereocenters. The van der Waals surface area contributed by atoms with Gasteiger partial charge in [-0.2, -0.15) is 0 Å². The van der Waals surface area contributed by atoms with Crippen molar-refractivity contribution in [2.45, 2.75) is 0 Å². The zero-order valence-electron chi connectivity index (χ0n) is 8.88. The molecule has 17 heavy (non-hydrogen) atoms. The van der Waals surface area contributed by atoms with Crippen LogP contribution in [0.25, 0.3) is 32.7 Å². The molecule has 0 aromatic carbocycles. The Morgan fingerprint density at radius 2 is 1.65 bits per heavy atom. The van der Waals surface area contributed by atoms with Gasteiger partial charge in [0.2, 0.25) is 0 Å². The second-order valence-corrected chi connectivity index (χ2v) is 3.99. The minimum atomic E-state index is 0.951. The number of hydrogen-bond donors (Lipinski definition) is 1. The number of pyridine rings is 3. The van der Waals surface area contributed by atoms with Gasteiger partial charge in [-0.25, -0.2) is 0 Å². The Morgan fingerprint density at radius 1 is 0.824 bits per heavy atom. The van der Waals surface area contributed by atoms with Crippen LogP contribution in [0, 0.1) is 0 Å². The maximum absolute atomic E-state index is 4.44. The first-order chi connectivity index (χ1) is 8.43. The van der Waals surface area contributed by atoms with E-state index in [0.717, 1.165) is 32.7 Å². The van der Waals surface area contributed by atoms with E-state index >= 15 is 0 Å². The highest BCUT2D eigenvalue weighted by Gasteiger charge is 2.07.